The highest BCUT2D eigenvalue weighted by Crippen LogP contribution is 2.18. The molecule has 0 saturated carbocycles. The monoisotopic (exact) mass is 246 g/mol. The summed E-state index contributed by atoms with van der Waals surface area (Å²) in [5.74, 6) is -0.431. The number of hydrogen-bond donors (Lipinski definition) is 0. The van der Waals surface area contributed by atoms with Crippen molar-refractivity contribution >= 4 is 17.7 Å². The number of hydrogen-bond acceptors (Lipinski definition) is 5. The largest absolute Gasteiger partial charge is 0.465 e. The Morgan fingerprint density at radius 1 is 1.47 bits per heavy atom. The predicted molar refractivity (Wildman–Crippen MR) is 64.1 cm³/mol. The van der Waals surface area contributed by atoms with Crippen LogP contribution < -0.4 is 0 Å². The highest BCUT2D eigenvalue weighted by Gasteiger charge is 2.15. The third-order valence-electron chi connectivity index (χ3n) is 2.17. The van der Waals surface area contributed by atoms with Gasteiger partial charge in [0.25, 0.3) is 0 Å². The van der Waals surface area contributed by atoms with E-state index in [-0.39, 0.29) is 0 Å². The lowest BCUT2D eigenvalue weighted by Crippen LogP contribution is -2.10. The van der Waals surface area contributed by atoms with E-state index in [4.69, 9.17) is 10.5 Å². The zero-order valence-electron chi connectivity index (χ0n) is 9.21. The number of thioether (sulfide) groups is 1. The number of rotatable bonds is 4. The van der Waals surface area contributed by atoms with Crippen LogP contribution in [0.2, 0.25) is 0 Å². The highest BCUT2D eigenvalue weighted by molar-refractivity contribution is 8.04. The fraction of sp³-hybridized carbons (Fsp3) is 0.250. The topological polar surface area (TPSA) is 73.9 Å². The molecule has 0 saturated heterocycles. The van der Waals surface area contributed by atoms with Gasteiger partial charge in [-0.1, -0.05) is 18.2 Å². The van der Waals surface area contributed by atoms with Crippen LogP contribution in [0.25, 0.3) is 0 Å². The number of carbonyl (C=O) groups is 1. The lowest BCUT2D eigenvalue weighted by Gasteiger charge is -2.08. The molecule has 4 nitrogen and oxygen atoms in total. The zero-order chi connectivity index (χ0) is 12.7. The van der Waals surface area contributed by atoms with E-state index in [9.17, 15) is 4.79 Å². The molecule has 0 aromatic heterocycles. The van der Waals surface area contributed by atoms with Gasteiger partial charge in [-0.3, -0.25) is 0 Å². The fourth-order valence-corrected chi connectivity index (χ4v) is 1.83. The molecule has 86 valence electrons. The summed E-state index contributed by atoms with van der Waals surface area (Å²) in [6.07, 6.45) is 0.347. The van der Waals surface area contributed by atoms with E-state index >= 15 is 0 Å². The van der Waals surface area contributed by atoms with Crippen molar-refractivity contribution in [2.75, 3.05) is 7.11 Å². The van der Waals surface area contributed by atoms with Crippen molar-refractivity contribution in [2.24, 2.45) is 0 Å². The van der Waals surface area contributed by atoms with Crippen LogP contribution in [0.4, 0.5) is 0 Å². The summed E-state index contributed by atoms with van der Waals surface area (Å²) < 4.78 is 4.66. The molecule has 1 atom stereocenters. The van der Waals surface area contributed by atoms with Crippen molar-refractivity contribution in [1.29, 1.82) is 10.5 Å². The lowest BCUT2D eigenvalue weighted by atomic mass is 10.0. The Morgan fingerprint density at radius 3 is 2.76 bits per heavy atom. The maximum atomic E-state index is 11.5. The minimum Gasteiger partial charge on any atom is -0.465 e. The van der Waals surface area contributed by atoms with Gasteiger partial charge in [0.15, 0.2) is 0 Å². The number of methoxy groups -OCH3 is 1. The maximum absolute atomic E-state index is 11.5. The molecule has 5 heteroatoms. The summed E-state index contributed by atoms with van der Waals surface area (Å²) >= 11 is 0.892. The van der Waals surface area contributed by atoms with Gasteiger partial charge < -0.3 is 4.74 Å². The van der Waals surface area contributed by atoms with E-state index in [0.717, 1.165) is 11.8 Å². The van der Waals surface area contributed by atoms with Crippen LogP contribution in [0.5, 0.6) is 0 Å². The first-order valence-electron chi connectivity index (χ1n) is 4.83. The molecule has 0 aliphatic heterocycles. The molecule has 1 aromatic carbocycles. The van der Waals surface area contributed by atoms with Crippen molar-refractivity contribution < 1.29 is 9.53 Å². The Balaban J connectivity index is 2.95. The summed E-state index contributed by atoms with van der Waals surface area (Å²) in [6.45, 7) is 0. The van der Waals surface area contributed by atoms with Gasteiger partial charge in [-0.15, -0.1) is 0 Å². The Labute approximate surface area is 104 Å². The van der Waals surface area contributed by atoms with Gasteiger partial charge in [-0.25, -0.2) is 4.79 Å². The van der Waals surface area contributed by atoms with Crippen molar-refractivity contribution in [1.82, 2.24) is 0 Å². The van der Waals surface area contributed by atoms with E-state index in [2.05, 4.69) is 4.74 Å². The molecule has 17 heavy (non-hydrogen) atoms. The van der Waals surface area contributed by atoms with E-state index in [1.165, 1.54) is 7.11 Å². The van der Waals surface area contributed by atoms with Crippen LogP contribution in [0.15, 0.2) is 24.3 Å². The van der Waals surface area contributed by atoms with Crippen LogP contribution in [-0.2, 0) is 11.2 Å². The average Bonchev–Trinajstić information content (AvgIpc) is 2.38. The Kier molecular flexibility index (Phi) is 5.06. The van der Waals surface area contributed by atoms with Gasteiger partial charge in [0.05, 0.1) is 18.7 Å². The Bertz CT molecular complexity index is 488. The molecule has 0 heterocycles. The van der Waals surface area contributed by atoms with Crippen molar-refractivity contribution in [3.05, 3.63) is 35.4 Å². The minimum absolute atomic E-state index is 0.347. The first-order valence-corrected chi connectivity index (χ1v) is 5.71. The van der Waals surface area contributed by atoms with Crippen LogP contribution in [0, 0.1) is 22.0 Å². The van der Waals surface area contributed by atoms with Crippen molar-refractivity contribution in [3.63, 3.8) is 0 Å². The third kappa shape index (κ3) is 3.51. The highest BCUT2D eigenvalue weighted by atomic mass is 32.2. The van der Waals surface area contributed by atoms with E-state index in [1.807, 2.05) is 11.5 Å². The van der Waals surface area contributed by atoms with Crippen LogP contribution in [0.3, 0.4) is 0 Å². The van der Waals surface area contributed by atoms with Crippen LogP contribution >= 0.6 is 11.8 Å². The number of esters is 1. The second-order valence-electron chi connectivity index (χ2n) is 3.18. The minimum atomic E-state index is -0.481. The molecule has 0 radical (unpaired) electrons. The summed E-state index contributed by atoms with van der Waals surface area (Å²) in [4.78, 5) is 11.5. The van der Waals surface area contributed by atoms with Gasteiger partial charge in [-0.2, -0.15) is 10.5 Å². The first kappa shape index (κ1) is 13.1. The molecule has 1 aromatic rings. The van der Waals surface area contributed by atoms with E-state index in [0.29, 0.717) is 17.5 Å². The number of nitrogens with zero attached hydrogens (tertiary/aromatic N) is 2. The van der Waals surface area contributed by atoms with Gasteiger partial charge in [0.2, 0.25) is 0 Å². The second-order valence-corrected chi connectivity index (χ2v) is 4.17. The Morgan fingerprint density at radius 2 is 2.18 bits per heavy atom. The summed E-state index contributed by atoms with van der Waals surface area (Å²) in [5.41, 5.74) is 1.16. The summed E-state index contributed by atoms with van der Waals surface area (Å²) in [6, 6.07) is 8.94. The smallest absolute Gasteiger partial charge is 0.338 e. The molecule has 0 N–H and O–H groups in total. The van der Waals surface area contributed by atoms with Crippen LogP contribution in [-0.4, -0.2) is 18.3 Å². The molecular weight excluding hydrogens is 236 g/mol. The molecule has 0 aliphatic rings. The number of thiocyanates is 1. The van der Waals surface area contributed by atoms with Crippen molar-refractivity contribution in [3.8, 4) is 11.5 Å². The number of nitriles is 2. The molecule has 0 fully saturated rings. The SMILES string of the molecule is COC(=O)c1ccccc1C[C@H](C#N)SC#N. The molecule has 0 bridgehead atoms. The van der Waals surface area contributed by atoms with Gasteiger partial charge in [0, 0.05) is 0 Å². The molecule has 0 spiro atoms. The summed E-state index contributed by atoms with van der Waals surface area (Å²) in [5, 5.41) is 18.8. The first-order chi connectivity index (χ1) is 8.22. The summed E-state index contributed by atoms with van der Waals surface area (Å²) in [7, 11) is 1.31. The fourth-order valence-electron chi connectivity index (χ4n) is 1.38. The average molecular weight is 246 g/mol. The van der Waals surface area contributed by atoms with Gasteiger partial charge in [0.1, 0.15) is 10.7 Å². The predicted octanol–water partition coefficient (Wildman–Crippen LogP) is 2.12. The number of ether oxygens (including phenoxy) is 1. The lowest BCUT2D eigenvalue weighted by molar-refractivity contribution is 0.0599. The third-order valence-corrected chi connectivity index (χ3v) is 2.83. The molecule has 0 unspecified atom stereocenters. The second kappa shape index (κ2) is 6.57. The molecule has 0 amide bonds. The van der Waals surface area contributed by atoms with Gasteiger partial charge in [-0.05, 0) is 29.8 Å². The standard InChI is InChI=1S/C12H10N2O2S/c1-16-12(15)11-5-3-2-4-9(11)6-10(7-13)17-8-14/h2-5,10H,6H2,1H3/t10-/m1/s1. The number of benzene rings is 1. The van der Waals surface area contributed by atoms with E-state index < -0.39 is 11.2 Å². The Hall–Kier alpha value is -1.98. The maximum Gasteiger partial charge on any atom is 0.338 e. The number of carbonyl (C=O) groups excluding carboxylic acids is 1. The zero-order valence-corrected chi connectivity index (χ0v) is 10.0. The normalized spacial score (nSPS) is 11.0. The van der Waals surface area contributed by atoms with Crippen LogP contribution in [0.1, 0.15) is 15.9 Å². The quantitative estimate of drug-likeness (QED) is 0.601. The van der Waals surface area contributed by atoms with Gasteiger partial charge >= 0.3 is 5.97 Å². The van der Waals surface area contributed by atoms with E-state index in [1.54, 1.807) is 24.3 Å². The van der Waals surface area contributed by atoms with Crippen molar-refractivity contribution in [2.45, 2.75) is 11.7 Å². The molecular formula is C12H10N2O2S. The molecule has 0 aliphatic carbocycles. The molecule has 1 rings (SSSR count).